The third kappa shape index (κ3) is 6.42. The van der Waals surface area contributed by atoms with Crippen molar-refractivity contribution in [3.63, 3.8) is 0 Å². The number of rotatable bonds is 6. The lowest BCUT2D eigenvalue weighted by molar-refractivity contribution is -0.116. The Morgan fingerprint density at radius 3 is 2.47 bits per heavy atom. The number of hydrogen-bond donors (Lipinski definition) is 4. The average molecular weight is 264 g/mol. The lowest BCUT2D eigenvalue weighted by atomic mass is 10.1. The van der Waals surface area contributed by atoms with Gasteiger partial charge in [-0.15, -0.1) is 0 Å². The number of nitrogens with one attached hydrogen (secondary N) is 2. The summed E-state index contributed by atoms with van der Waals surface area (Å²) in [4.78, 5) is 22.4. The van der Waals surface area contributed by atoms with Gasteiger partial charge in [0.05, 0.1) is 0 Å². The molecule has 1 unspecified atom stereocenters. The summed E-state index contributed by atoms with van der Waals surface area (Å²) >= 11 is 0. The number of urea groups is 1. The predicted molar refractivity (Wildman–Crippen MR) is 75.8 cm³/mol. The molecule has 19 heavy (non-hydrogen) atoms. The van der Waals surface area contributed by atoms with Crippen LogP contribution in [-0.2, 0) is 4.79 Å². The standard InChI is InChI=1S/C13H20N4O2/c1-9(14)4-2-7-12(18)16-10-5-3-6-11(8-10)17-13(15)19/h3,5-6,8-9H,2,4,7,14H2,1H3,(H,16,18)(H3,15,17,19). The normalized spacial score (nSPS) is 11.7. The Balaban J connectivity index is 2.47. The first-order chi connectivity index (χ1) is 8.97. The van der Waals surface area contributed by atoms with Gasteiger partial charge in [0.15, 0.2) is 0 Å². The average Bonchev–Trinajstić information content (AvgIpc) is 2.27. The zero-order chi connectivity index (χ0) is 14.3. The monoisotopic (exact) mass is 264 g/mol. The fraction of sp³-hybridized carbons (Fsp3) is 0.385. The number of benzene rings is 1. The van der Waals surface area contributed by atoms with E-state index >= 15 is 0 Å². The van der Waals surface area contributed by atoms with Crippen LogP contribution in [0.1, 0.15) is 26.2 Å². The lowest BCUT2D eigenvalue weighted by Gasteiger charge is -2.08. The fourth-order valence-corrected chi connectivity index (χ4v) is 1.63. The first-order valence-electron chi connectivity index (χ1n) is 6.19. The Labute approximate surface area is 112 Å². The molecule has 104 valence electrons. The van der Waals surface area contributed by atoms with Crippen molar-refractivity contribution in [3.05, 3.63) is 24.3 Å². The summed E-state index contributed by atoms with van der Waals surface area (Å²) < 4.78 is 0. The van der Waals surface area contributed by atoms with Crippen molar-refractivity contribution < 1.29 is 9.59 Å². The molecule has 0 saturated carbocycles. The minimum Gasteiger partial charge on any atom is -0.351 e. The highest BCUT2D eigenvalue weighted by Gasteiger charge is 2.04. The number of primary amides is 1. The molecule has 0 spiro atoms. The summed E-state index contributed by atoms with van der Waals surface area (Å²) in [7, 11) is 0. The molecule has 1 aromatic rings. The number of anilines is 2. The second-order valence-corrected chi connectivity index (χ2v) is 4.49. The number of carbonyl (C=O) groups excluding carboxylic acids is 2. The van der Waals surface area contributed by atoms with Crippen molar-refractivity contribution in [1.82, 2.24) is 0 Å². The van der Waals surface area contributed by atoms with Gasteiger partial charge in [-0.05, 0) is 38.0 Å². The highest BCUT2D eigenvalue weighted by atomic mass is 16.2. The van der Waals surface area contributed by atoms with Crippen LogP contribution in [0.4, 0.5) is 16.2 Å². The van der Waals surface area contributed by atoms with Crippen LogP contribution in [0.5, 0.6) is 0 Å². The SMILES string of the molecule is CC(N)CCCC(=O)Nc1cccc(NC(N)=O)c1. The lowest BCUT2D eigenvalue weighted by Crippen LogP contribution is -2.19. The van der Waals surface area contributed by atoms with Crippen molar-refractivity contribution in [2.24, 2.45) is 11.5 Å². The first kappa shape index (κ1) is 15.0. The largest absolute Gasteiger partial charge is 0.351 e. The van der Waals surface area contributed by atoms with E-state index in [1.165, 1.54) is 0 Å². The van der Waals surface area contributed by atoms with Crippen LogP contribution in [-0.4, -0.2) is 18.0 Å². The number of hydrogen-bond acceptors (Lipinski definition) is 3. The summed E-state index contributed by atoms with van der Waals surface area (Å²) in [5.74, 6) is -0.0723. The highest BCUT2D eigenvalue weighted by Crippen LogP contribution is 2.15. The van der Waals surface area contributed by atoms with Crippen LogP contribution in [0.3, 0.4) is 0 Å². The number of carbonyl (C=O) groups is 2. The third-order valence-electron chi connectivity index (χ3n) is 2.48. The molecule has 6 heteroatoms. The van der Waals surface area contributed by atoms with Crippen LogP contribution in [0.2, 0.25) is 0 Å². The van der Waals surface area contributed by atoms with Crippen LogP contribution in [0.25, 0.3) is 0 Å². The molecule has 6 nitrogen and oxygen atoms in total. The van der Waals surface area contributed by atoms with Gasteiger partial charge in [0.25, 0.3) is 0 Å². The molecule has 3 amide bonds. The molecular weight excluding hydrogens is 244 g/mol. The fourth-order valence-electron chi connectivity index (χ4n) is 1.63. The van der Waals surface area contributed by atoms with E-state index in [2.05, 4.69) is 10.6 Å². The molecule has 0 radical (unpaired) electrons. The van der Waals surface area contributed by atoms with E-state index in [0.717, 1.165) is 12.8 Å². The van der Waals surface area contributed by atoms with Crippen LogP contribution in [0, 0.1) is 0 Å². The van der Waals surface area contributed by atoms with Gasteiger partial charge in [-0.25, -0.2) is 4.79 Å². The van der Waals surface area contributed by atoms with Gasteiger partial charge in [-0.2, -0.15) is 0 Å². The van der Waals surface area contributed by atoms with Gasteiger partial charge in [-0.3, -0.25) is 4.79 Å². The number of amides is 3. The summed E-state index contributed by atoms with van der Waals surface area (Å²) in [6, 6.07) is 6.28. The van der Waals surface area contributed by atoms with Crippen molar-refractivity contribution in [3.8, 4) is 0 Å². The van der Waals surface area contributed by atoms with E-state index in [1.807, 2.05) is 6.92 Å². The molecule has 0 aliphatic carbocycles. The van der Waals surface area contributed by atoms with E-state index in [1.54, 1.807) is 24.3 Å². The van der Waals surface area contributed by atoms with Gasteiger partial charge in [0, 0.05) is 23.8 Å². The zero-order valence-corrected chi connectivity index (χ0v) is 11.0. The van der Waals surface area contributed by atoms with E-state index in [4.69, 9.17) is 11.5 Å². The van der Waals surface area contributed by atoms with Gasteiger partial charge >= 0.3 is 6.03 Å². The molecule has 1 atom stereocenters. The summed E-state index contributed by atoms with van der Waals surface area (Å²) in [5.41, 5.74) is 11.8. The predicted octanol–water partition coefficient (Wildman–Crippen LogP) is 1.63. The maximum absolute atomic E-state index is 11.7. The zero-order valence-electron chi connectivity index (χ0n) is 11.0. The summed E-state index contributed by atoms with van der Waals surface area (Å²) in [6.07, 6.45) is 1.99. The topological polar surface area (TPSA) is 110 Å². The Morgan fingerprint density at radius 1 is 1.26 bits per heavy atom. The molecule has 0 aliphatic rings. The highest BCUT2D eigenvalue weighted by molar-refractivity contribution is 5.93. The van der Waals surface area contributed by atoms with E-state index in [-0.39, 0.29) is 11.9 Å². The van der Waals surface area contributed by atoms with Crippen molar-refractivity contribution in [1.29, 1.82) is 0 Å². The molecule has 6 N–H and O–H groups in total. The molecule has 1 aromatic carbocycles. The van der Waals surface area contributed by atoms with Crippen LogP contribution >= 0.6 is 0 Å². The van der Waals surface area contributed by atoms with Gasteiger partial charge in [-0.1, -0.05) is 6.07 Å². The Hall–Kier alpha value is -2.08. The van der Waals surface area contributed by atoms with Crippen molar-refractivity contribution in [2.45, 2.75) is 32.2 Å². The first-order valence-corrected chi connectivity index (χ1v) is 6.19. The van der Waals surface area contributed by atoms with E-state index < -0.39 is 6.03 Å². The molecule has 0 aliphatic heterocycles. The maximum Gasteiger partial charge on any atom is 0.316 e. The Kier molecular flexibility index (Phi) is 5.81. The summed E-state index contributed by atoms with van der Waals surface area (Å²) in [5, 5.41) is 5.20. The van der Waals surface area contributed by atoms with Crippen molar-refractivity contribution >= 4 is 23.3 Å². The molecule has 0 heterocycles. The number of nitrogens with two attached hydrogens (primary N) is 2. The molecular formula is C13H20N4O2. The second-order valence-electron chi connectivity index (χ2n) is 4.49. The maximum atomic E-state index is 11.7. The minimum absolute atomic E-state index is 0.0723. The Bertz CT molecular complexity index is 446. The van der Waals surface area contributed by atoms with Crippen molar-refractivity contribution in [2.75, 3.05) is 10.6 Å². The van der Waals surface area contributed by atoms with E-state index in [0.29, 0.717) is 17.8 Å². The van der Waals surface area contributed by atoms with Gasteiger partial charge in [0.2, 0.25) is 5.91 Å². The Morgan fingerprint density at radius 2 is 1.89 bits per heavy atom. The van der Waals surface area contributed by atoms with Gasteiger partial charge in [0.1, 0.15) is 0 Å². The third-order valence-corrected chi connectivity index (χ3v) is 2.48. The molecule has 1 rings (SSSR count). The molecule has 0 saturated heterocycles. The molecule has 0 fully saturated rings. The molecule has 0 bridgehead atoms. The summed E-state index contributed by atoms with van der Waals surface area (Å²) in [6.45, 7) is 1.91. The second kappa shape index (κ2) is 7.38. The van der Waals surface area contributed by atoms with Crippen LogP contribution < -0.4 is 22.1 Å². The quantitative estimate of drug-likeness (QED) is 0.626. The van der Waals surface area contributed by atoms with Gasteiger partial charge < -0.3 is 22.1 Å². The molecule has 0 aromatic heterocycles. The smallest absolute Gasteiger partial charge is 0.316 e. The van der Waals surface area contributed by atoms with Crippen LogP contribution in [0.15, 0.2) is 24.3 Å². The minimum atomic E-state index is -0.639. The van der Waals surface area contributed by atoms with E-state index in [9.17, 15) is 9.59 Å².